The van der Waals surface area contributed by atoms with Gasteiger partial charge in [0.1, 0.15) is 5.52 Å². The number of nitrogens with zero attached hydrogens (tertiary/aromatic N) is 3. The van der Waals surface area contributed by atoms with Gasteiger partial charge in [0.15, 0.2) is 12.1 Å². The van der Waals surface area contributed by atoms with Crippen LogP contribution in [0, 0.1) is 0 Å². The molecular weight excluding hydrogens is 202 g/mol. The van der Waals surface area contributed by atoms with Crippen LogP contribution in [-0.2, 0) is 7.05 Å². The maximum absolute atomic E-state index is 10.7. The van der Waals surface area contributed by atoms with E-state index in [0.29, 0.717) is 6.29 Å². The van der Waals surface area contributed by atoms with E-state index in [-0.39, 0.29) is 5.82 Å². The predicted octanol–water partition coefficient (Wildman–Crippen LogP) is 1.93. The Kier molecular flexibility index (Phi) is 1.77. The summed E-state index contributed by atoms with van der Waals surface area (Å²) in [5, 5.41) is 1.05. The van der Waals surface area contributed by atoms with Crippen molar-refractivity contribution in [1.29, 1.82) is 0 Å². The van der Waals surface area contributed by atoms with Crippen LogP contribution < -0.4 is 0 Å². The Labute approximate surface area is 91.5 Å². The second-order valence-electron chi connectivity index (χ2n) is 3.66. The summed E-state index contributed by atoms with van der Waals surface area (Å²) in [6, 6.07) is 7.97. The van der Waals surface area contributed by atoms with Gasteiger partial charge in [0.05, 0.1) is 17.2 Å². The van der Waals surface area contributed by atoms with Gasteiger partial charge < -0.3 is 4.57 Å². The molecule has 0 saturated heterocycles. The van der Waals surface area contributed by atoms with Gasteiger partial charge in [-0.25, -0.2) is 9.97 Å². The average Bonchev–Trinajstić information content (AvgIpc) is 2.64. The molecule has 1 aromatic carbocycles. The second kappa shape index (κ2) is 3.13. The van der Waals surface area contributed by atoms with E-state index in [1.54, 1.807) is 6.20 Å². The second-order valence-corrected chi connectivity index (χ2v) is 3.66. The van der Waals surface area contributed by atoms with Crippen molar-refractivity contribution in [3.63, 3.8) is 0 Å². The highest BCUT2D eigenvalue weighted by Crippen LogP contribution is 2.25. The highest BCUT2D eigenvalue weighted by molar-refractivity contribution is 6.05. The number of rotatable bonds is 1. The zero-order valence-electron chi connectivity index (χ0n) is 8.71. The van der Waals surface area contributed by atoms with E-state index in [0.717, 1.165) is 21.9 Å². The van der Waals surface area contributed by atoms with E-state index in [4.69, 9.17) is 0 Å². The van der Waals surface area contributed by atoms with Gasteiger partial charge in [0.2, 0.25) is 0 Å². The van der Waals surface area contributed by atoms with Crippen molar-refractivity contribution in [2.75, 3.05) is 0 Å². The number of fused-ring (bicyclic) bond motifs is 3. The number of para-hydroxylation sites is 1. The zero-order valence-corrected chi connectivity index (χ0v) is 8.71. The van der Waals surface area contributed by atoms with Crippen molar-refractivity contribution >= 4 is 28.2 Å². The minimum atomic E-state index is 0.226. The van der Waals surface area contributed by atoms with Crippen LogP contribution in [0.5, 0.6) is 0 Å². The highest BCUT2D eigenvalue weighted by atomic mass is 16.1. The van der Waals surface area contributed by atoms with E-state index in [1.807, 2.05) is 35.9 Å². The molecule has 0 atom stereocenters. The Hall–Kier alpha value is -2.23. The van der Waals surface area contributed by atoms with E-state index >= 15 is 0 Å². The SMILES string of the molecule is Cn1c2ccccc2c2nc(C=O)ncc21. The fourth-order valence-corrected chi connectivity index (χ4v) is 1.99. The van der Waals surface area contributed by atoms with Gasteiger partial charge in [0, 0.05) is 12.4 Å². The van der Waals surface area contributed by atoms with Crippen LogP contribution >= 0.6 is 0 Å². The topological polar surface area (TPSA) is 47.8 Å². The van der Waals surface area contributed by atoms with Crippen LogP contribution in [0.15, 0.2) is 30.5 Å². The maximum Gasteiger partial charge on any atom is 0.193 e. The van der Waals surface area contributed by atoms with Crippen molar-refractivity contribution in [1.82, 2.24) is 14.5 Å². The lowest BCUT2D eigenvalue weighted by atomic mass is 10.2. The lowest BCUT2D eigenvalue weighted by Crippen LogP contribution is -1.93. The zero-order chi connectivity index (χ0) is 11.1. The van der Waals surface area contributed by atoms with Crippen LogP contribution in [0.2, 0.25) is 0 Å². The molecule has 0 aliphatic carbocycles. The van der Waals surface area contributed by atoms with Crippen molar-refractivity contribution in [2.45, 2.75) is 0 Å². The standard InChI is InChI=1S/C12H9N3O/c1-15-9-5-3-2-4-8(9)12-10(15)6-13-11(7-16)14-12/h2-7H,1H3. The molecule has 0 aliphatic heterocycles. The lowest BCUT2D eigenvalue weighted by Gasteiger charge is -1.95. The summed E-state index contributed by atoms with van der Waals surface area (Å²) in [4.78, 5) is 18.9. The summed E-state index contributed by atoms with van der Waals surface area (Å²) >= 11 is 0. The Bertz CT molecular complexity index is 700. The molecule has 0 saturated carbocycles. The first-order chi connectivity index (χ1) is 7.81. The minimum absolute atomic E-state index is 0.226. The lowest BCUT2D eigenvalue weighted by molar-refractivity contribution is 0.111. The van der Waals surface area contributed by atoms with Gasteiger partial charge in [-0.3, -0.25) is 4.79 Å². The molecule has 0 spiro atoms. The number of carbonyl (C=O) groups is 1. The number of aromatic nitrogens is 3. The third-order valence-corrected chi connectivity index (χ3v) is 2.78. The number of benzene rings is 1. The molecule has 16 heavy (non-hydrogen) atoms. The number of aryl methyl sites for hydroxylation is 1. The van der Waals surface area contributed by atoms with Crippen LogP contribution in [0.25, 0.3) is 21.9 Å². The van der Waals surface area contributed by atoms with E-state index < -0.39 is 0 Å². The van der Waals surface area contributed by atoms with Crippen LogP contribution in [0.4, 0.5) is 0 Å². The number of hydrogen-bond donors (Lipinski definition) is 0. The summed E-state index contributed by atoms with van der Waals surface area (Å²) in [6.45, 7) is 0. The van der Waals surface area contributed by atoms with Gasteiger partial charge in [-0.2, -0.15) is 0 Å². The molecule has 0 aliphatic rings. The molecule has 0 bridgehead atoms. The fraction of sp³-hybridized carbons (Fsp3) is 0.0833. The maximum atomic E-state index is 10.7. The number of aldehydes is 1. The molecule has 0 fully saturated rings. The molecule has 4 nitrogen and oxygen atoms in total. The van der Waals surface area contributed by atoms with Gasteiger partial charge in [-0.1, -0.05) is 18.2 Å². The van der Waals surface area contributed by atoms with Crippen molar-refractivity contribution in [3.8, 4) is 0 Å². The monoisotopic (exact) mass is 211 g/mol. The first-order valence-electron chi connectivity index (χ1n) is 4.96. The Morgan fingerprint density at radius 3 is 2.88 bits per heavy atom. The van der Waals surface area contributed by atoms with Gasteiger partial charge in [0.25, 0.3) is 0 Å². The molecule has 3 rings (SSSR count). The molecule has 4 heteroatoms. The summed E-state index contributed by atoms with van der Waals surface area (Å²) in [7, 11) is 1.97. The molecule has 2 heterocycles. The first-order valence-corrected chi connectivity index (χ1v) is 4.96. The normalized spacial score (nSPS) is 11.1. The fourth-order valence-electron chi connectivity index (χ4n) is 1.99. The van der Waals surface area contributed by atoms with Crippen molar-refractivity contribution in [3.05, 3.63) is 36.3 Å². The Morgan fingerprint density at radius 2 is 2.06 bits per heavy atom. The molecule has 2 aromatic heterocycles. The highest BCUT2D eigenvalue weighted by Gasteiger charge is 2.09. The first kappa shape index (κ1) is 9.03. The van der Waals surface area contributed by atoms with Crippen LogP contribution in [0.1, 0.15) is 10.6 Å². The number of carbonyl (C=O) groups excluding carboxylic acids is 1. The summed E-state index contributed by atoms with van der Waals surface area (Å²) in [5.74, 6) is 0.226. The average molecular weight is 211 g/mol. The molecule has 3 aromatic rings. The minimum Gasteiger partial charge on any atom is -0.341 e. The summed E-state index contributed by atoms with van der Waals surface area (Å²) < 4.78 is 2.03. The Balaban J connectivity index is 2.57. The van der Waals surface area contributed by atoms with Crippen LogP contribution in [-0.4, -0.2) is 20.8 Å². The van der Waals surface area contributed by atoms with Crippen molar-refractivity contribution < 1.29 is 4.79 Å². The number of hydrogen-bond acceptors (Lipinski definition) is 3. The molecule has 78 valence electrons. The van der Waals surface area contributed by atoms with Crippen molar-refractivity contribution in [2.24, 2.45) is 7.05 Å². The molecule has 0 amide bonds. The molecule has 0 radical (unpaired) electrons. The predicted molar refractivity (Wildman–Crippen MR) is 61.4 cm³/mol. The molecule has 0 unspecified atom stereocenters. The van der Waals surface area contributed by atoms with Crippen LogP contribution in [0.3, 0.4) is 0 Å². The van der Waals surface area contributed by atoms with Gasteiger partial charge >= 0.3 is 0 Å². The van der Waals surface area contributed by atoms with E-state index in [1.165, 1.54) is 0 Å². The summed E-state index contributed by atoms with van der Waals surface area (Å²) in [5.41, 5.74) is 2.86. The third-order valence-electron chi connectivity index (χ3n) is 2.78. The van der Waals surface area contributed by atoms with E-state index in [9.17, 15) is 4.79 Å². The largest absolute Gasteiger partial charge is 0.341 e. The smallest absolute Gasteiger partial charge is 0.193 e. The Morgan fingerprint density at radius 1 is 1.25 bits per heavy atom. The summed E-state index contributed by atoms with van der Waals surface area (Å²) in [6.07, 6.45) is 2.35. The third kappa shape index (κ3) is 1.07. The van der Waals surface area contributed by atoms with E-state index in [2.05, 4.69) is 9.97 Å². The van der Waals surface area contributed by atoms with Gasteiger partial charge in [-0.05, 0) is 6.07 Å². The molecular formula is C12H9N3O. The van der Waals surface area contributed by atoms with Gasteiger partial charge in [-0.15, -0.1) is 0 Å². The molecule has 0 N–H and O–H groups in total. The quantitative estimate of drug-likeness (QED) is 0.578.